The molecule has 1 aliphatic rings. The molecule has 1 aromatic heterocycles. The fourth-order valence-electron chi connectivity index (χ4n) is 2.94. The molecule has 2 heterocycles. The number of likely N-dealkylation sites (tertiary alicyclic amines) is 1. The minimum absolute atomic E-state index is 0.133. The van der Waals surface area contributed by atoms with Gasteiger partial charge in [0, 0.05) is 31.4 Å². The predicted molar refractivity (Wildman–Crippen MR) is 77.0 cm³/mol. The number of aliphatic hydroxyl groups excluding tert-OH is 1. The first kappa shape index (κ1) is 14.5. The Balaban J connectivity index is 1.90. The van der Waals surface area contributed by atoms with Crippen LogP contribution in [0.5, 0.6) is 0 Å². The molecule has 2 rings (SSSR count). The lowest BCUT2D eigenvalue weighted by Gasteiger charge is -2.44. The molecule has 19 heavy (non-hydrogen) atoms. The summed E-state index contributed by atoms with van der Waals surface area (Å²) in [5, 5.41) is 10.5. The molecule has 4 heteroatoms. The maximum atomic E-state index is 10.5. The highest BCUT2D eigenvalue weighted by atomic mass is 16.3. The van der Waals surface area contributed by atoms with E-state index in [2.05, 4.69) is 23.7 Å². The normalized spacial score (nSPS) is 19.6. The zero-order valence-corrected chi connectivity index (χ0v) is 12.5. The van der Waals surface area contributed by atoms with Gasteiger partial charge in [0.25, 0.3) is 0 Å². The maximum absolute atomic E-state index is 10.5. The van der Waals surface area contributed by atoms with Crippen LogP contribution in [0.25, 0.3) is 0 Å². The summed E-state index contributed by atoms with van der Waals surface area (Å²) in [6.45, 7) is 6.57. The van der Waals surface area contributed by atoms with Crippen LogP contribution in [0.3, 0.4) is 0 Å². The molecule has 1 unspecified atom stereocenters. The minimum atomic E-state index is -0.303. The molecule has 0 spiro atoms. The van der Waals surface area contributed by atoms with E-state index in [1.165, 1.54) is 19.3 Å². The quantitative estimate of drug-likeness (QED) is 0.885. The molecule has 0 bridgehead atoms. The Morgan fingerprint density at radius 3 is 2.58 bits per heavy atom. The topological polar surface area (TPSA) is 41.3 Å². The molecule has 1 saturated heterocycles. The number of nitrogens with zero attached hydrogens (tertiary/aromatic N) is 3. The van der Waals surface area contributed by atoms with Crippen molar-refractivity contribution in [2.45, 2.75) is 57.6 Å². The first-order valence-electron chi connectivity index (χ1n) is 7.41. The number of hydrogen-bond acceptors (Lipinski definition) is 3. The first-order valence-corrected chi connectivity index (χ1v) is 7.41. The molecular formula is C15H27N3O. The SMILES string of the molecule is Cn1ccnc1CCC(O)C(C)(C)N1CCCCC1. The third-order valence-corrected chi connectivity index (χ3v) is 4.55. The number of rotatable bonds is 5. The van der Waals surface area contributed by atoms with Crippen LogP contribution in [0.1, 0.15) is 45.4 Å². The molecule has 1 aromatic rings. The van der Waals surface area contributed by atoms with Crippen LogP contribution in [0.15, 0.2) is 12.4 Å². The molecule has 108 valence electrons. The first-order chi connectivity index (χ1) is 9.01. The van der Waals surface area contributed by atoms with Crippen molar-refractivity contribution < 1.29 is 5.11 Å². The van der Waals surface area contributed by atoms with Crippen LogP contribution in [0, 0.1) is 0 Å². The highest BCUT2D eigenvalue weighted by molar-refractivity contribution is 4.95. The van der Waals surface area contributed by atoms with Gasteiger partial charge in [-0.2, -0.15) is 0 Å². The number of aryl methyl sites for hydroxylation is 2. The van der Waals surface area contributed by atoms with Gasteiger partial charge in [0.15, 0.2) is 0 Å². The molecule has 0 radical (unpaired) electrons. The fourth-order valence-corrected chi connectivity index (χ4v) is 2.94. The lowest BCUT2D eigenvalue weighted by molar-refractivity contribution is -0.0231. The van der Waals surface area contributed by atoms with Gasteiger partial charge in [-0.3, -0.25) is 4.90 Å². The van der Waals surface area contributed by atoms with Gasteiger partial charge in [0.1, 0.15) is 5.82 Å². The van der Waals surface area contributed by atoms with Gasteiger partial charge in [-0.05, 0) is 46.2 Å². The van der Waals surface area contributed by atoms with Gasteiger partial charge >= 0.3 is 0 Å². The molecule has 0 aromatic carbocycles. The monoisotopic (exact) mass is 265 g/mol. The summed E-state index contributed by atoms with van der Waals surface area (Å²) in [4.78, 5) is 6.76. The maximum Gasteiger partial charge on any atom is 0.108 e. The van der Waals surface area contributed by atoms with Crippen LogP contribution in [-0.2, 0) is 13.5 Å². The second-order valence-electron chi connectivity index (χ2n) is 6.21. The third-order valence-electron chi connectivity index (χ3n) is 4.55. The summed E-state index contributed by atoms with van der Waals surface area (Å²) in [6, 6.07) is 0. The van der Waals surface area contributed by atoms with Crippen molar-refractivity contribution in [3.63, 3.8) is 0 Å². The molecule has 4 nitrogen and oxygen atoms in total. The zero-order chi connectivity index (χ0) is 13.9. The number of hydrogen-bond donors (Lipinski definition) is 1. The van der Waals surface area contributed by atoms with Crippen molar-refractivity contribution in [3.8, 4) is 0 Å². The minimum Gasteiger partial charge on any atom is -0.391 e. The molecular weight excluding hydrogens is 238 g/mol. The van der Waals surface area contributed by atoms with E-state index in [0.29, 0.717) is 0 Å². The Morgan fingerprint density at radius 2 is 2.00 bits per heavy atom. The summed E-state index contributed by atoms with van der Waals surface area (Å²) in [5.74, 6) is 1.05. The molecule has 1 atom stereocenters. The van der Waals surface area contributed by atoms with Crippen LogP contribution >= 0.6 is 0 Å². The highest BCUT2D eigenvalue weighted by Crippen LogP contribution is 2.26. The number of aromatic nitrogens is 2. The van der Waals surface area contributed by atoms with Crippen molar-refractivity contribution in [3.05, 3.63) is 18.2 Å². The molecule has 0 saturated carbocycles. The van der Waals surface area contributed by atoms with E-state index < -0.39 is 0 Å². The molecule has 0 aliphatic carbocycles. The summed E-state index contributed by atoms with van der Waals surface area (Å²) in [6.07, 6.45) is 8.92. The van der Waals surface area contributed by atoms with Crippen LogP contribution in [0.2, 0.25) is 0 Å². The molecule has 1 N–H and O–H groups in total. The summed E-state index contributed by atoms with van der Waals surface area (Å²) in [5.41, 5.74) is -0.133. The van der Waals surface area contributed by atoms with Crippen LogP contribution in [0.4, 0.5) is 0 Å². The number of imidazole rings is 1. The summed E-state index contributed by atoms with van der Waals surface area (Å²) < 4.78 is 2.03. The van der Waals surface area contributed by atoms with E-state index in [9.17, 15) is 5.11 Å². The Kier molecular flexibility index (Phi) is 4.63. The Hall–Kier alpha value is -0.870. The average molecular weight is 265 g/mol. The van der Waals surface area contributed by atoms with Gasteiger partial charge in [-0.1, -0.05) is 6.42 Å². The largest absolute Gasteiger partial charge is 0.391 e. The van der Waals surface area contributed by atoms with E-state index in [1.807, 2.05) is 24.0 Å². The highest BCUT2D eigenvalue weighted by Gasteiger charge is 2.34. The van der Waals surface area contributed by atoms with E-state index >= 15 is 0 Å². The molecule has 0 amide bonds. The summed E-state index contributed by atoms with van der Waals surface area (Å²) in [7, 11) is 2.00. The second-order valence-corrected chi connectivity index (χ2v) is 6.21. The number of piperidine rings is 1. The van der Waals surface area contributed by atoms with Crippen molar-refractivity contribution >= 4 is 0 Å². The van der Waals surface area contributed by atoms with Gasteiger partial charge < -0.3 is 9.67 Å². The van der Waals surface area contributed by atoms with E-state index in [4.69, 9.17) is 0 Å². The Morgan fingerprint density at radius 1 is 1.32 bits per heavy atom. The lowest BCUT2D eigenvalue weighted by Crippen LogP contribution is -2.54. The van der Waals surface area contributed by atoms with Gasteiger partial charge in [0.2, 0.25) is 0 Å². The van der Waals surface area contributed by atoms with E-state index in [-0.39, 0.29) is 11.6 Å². The predicted octanol–water partition coefficient (Wildman–Crippen LogP) is 1.98. The molecule has 1 fully saturated rings. The Bertz CT molecular complexity index is 394. The van der Waals surface area contributed by atoms with E-state index in [1.54, 1.807) is 0 Å². The summed E-state index contributed by atoms with van der Waals surface area (Å²) >= 11 is 0. The lowest BCUT2D eigenvalue weighted by atomic mass is 9.89. The van der Waals surface area contributed by atoms with Crippen molar-refractivity contribution in [1.29, 1.82) is 0 Å². The smallest absolute Gasteiger partial charge is 0.108 e. The third kappa shape index (κ3) is 3.37. The number of aliphatic hydroxyl groups is 1. The average Bonchev–Trinajstić information content (AvgIpc) is 2.82. The van der Waals surface area contributed by atoms with Crippen LogP contribution < -0.4 is 0 Å². The Labute approximate surface area is 116 Å². The van der Waals surface area contributed by atoms with Crippen molar-refractivity contribution in [1.82, 2.24) is 14.5 Å². The second kappa shape index (κ2) is 6.06. The van der Waals surface area contributed by atoms with Gasteiger partial charge in [-0.25, -0.2) is 4.98 Å². The van der Waals surface area contributed by atoms with Crippen LogP contribution in [-0.4, -0.2) is 44.3 Å². The van der Waals surface area contributed by atoms with Crippen molar-refractivity contribution in [2.75, 3.05) is 13.1 Å². The van der Waals surface area contributed by atoms with Crippen molar-refractivity contribution in [2.24, 2.45) is 7.05 Å². The standard InChI is InChI=1S/C15H27N3O/c1-15(2,18-10-5-4-6-11-18)13(19)7-8-14-16-9-12-17(14)3/h9,12-13,19H,4-8,10-11H2,1-3H3. The zero-order valence-electron chi connectivity index (χ0n) is 12.5. The van der Waals surface area contributed by atoms with E-state index in [0.717, 1.165) is 31.8 Å². The molecule has 1 aliphatic heterocycles. The van der Waals surface area contributed by atoms with Gasteiger partial charge in [-0.15, -0.1) is 0 Å². The fraction of sp³-hybridized carbons (Fsp3) is 0.800. The van der Waals surface area contributed by atoms with Gasteiger partial charge in [0.05, 0.1) is 6.10 Å².